The summed E-state index contributed by atoms with van der Waals surface area (Å²) in [5.74, 6) is -2.84. The minimum atomic E-state index is -0.855. The molecule has 2 rings (SSSR count). The van der Waals surface area contributed by atoms with Gasteiger partial charge in [0.1, 0.15) is 0 Å². The summed E-state index contributed by atoms with van der Waals surface area (Å²) in [6.07, 6.45) is 3.36. The second-order valence-electron chi connectivity index (χ2n) is 5.77. The average Bonchev–Trinajstić information content (AvgIpc) is 2.37. The Labute approximate surface area is 134 Å². The molecule has 22 heavy (non-hydrogen) atoms. The average molecular weight is 335 g/mol. The molecule has 1 aliphatic carbocycles. The number of halogens is 3. The molecule has 0 spiro atoms. The summed E-state index contributed by atoms with van der Waals surface area (Å²) in [6.45, 7) is 1.84. The van der Waals surface area contributed by atoms with E-state index in [4.69, 9.17) is 5.73 Å². The molecule has 124 valence electrons. The zero-order valence-electron chi connectivity index (χ0n) is 12.6. The number of hydrogen-bond acceptors (Lipinski definition) is 3. The van der Waals surface area contributed by atoms with Gasteiger partial charge in [-0.05, 0) is 19.8 Å². The Balaban J connectivity index is 0.00000242. The molecule has 0 radical (unpaired) electrons. The van der Waals surface area contributed by atoms with Crippen molar-refractivity contribution < 1.29 is 18.3 Å². The Bertz CT molecular complexity index is 529. The first-order valence-electron chi connectivity index (χ1n) is 6.98. The Hall–Kier alpha value is -1.40. The fourth-order valence-corrected chi connectivity index (χ4v) is 2.85. The monoisotopic (exact) mass is 334 g/mol. The molecule has 1 aliphatic rings. The van der Waals surface area contributed by atoms with Crippen LogP contribution in [0.1, 0.15) is 32.6 Å². The van der Waals surface area contributed by atoms with E-state index < -0.39 is 22.9 Å². The zero-order chi connectivity index (χ0) is 15.6. The predicted molar refractivity (Wildman–Crippen MR) is 83.3 cm³/mol. The van der Waals surface area contributed by atoms with Crippen molar-refractivity contribution >= 4 is 24.0 Å². The van der Waals surface area contributed by atoms with Crippen molar-refractivity contribution in [3.63, 3.8) is 0 Å². The van der Waals surface area contributed by atoms with Crippen LogP contribution >= 0.6 is 12.4 Å². The lowest BCUT2D eigenvalue weighted by atomic mass is 9.74. The van der Waals surface area contributed by atoms with Crippen molar-refractivity contribution in [1.29, 1.82) is 0 Å². The minimum absolute atomic E-state index is 0. The number of benzene rings is 1. The van der Waals surface area contributed by atoms with E-state index in [0.717, 1.165) is 31.4 Å². The van der Waals surface area contributed by atoms with E-state index in [1.165, 1.54) is 7.11 Å². The quantitative estimate of drug-likeness (QED) is 0.892. The summed E-state index contributed by atoms with van der Waals surface area (Å²) in [5, 5.41) is 2.55. The van der Waals surface area contributed by atoms with Gasteiger partial charge in [-0.1, -0.05) is 12.8 Å². The first kappa shape index (κ1) is 18.6. The van der Waals surface area contributed by atoms with Gasteiger partial charge in [-0.15, -0.1) is 12.4 Å². The largest absolute Gasteiger partial charge is 0.491 e. The number of nitrogens with two attached hydrogens (primary N) is 1. The summed E-state index contributed by atoms with van der Waals surface area (Å²) in [5.41, 5.74) is 5.63. The van der Waals surface area contributed by atoms with E-state index in [2.05, 4.69) is 10.1 Å². The maximum absolute atomic E-state index is 13.6. The maximum Gasteiger partial charge on any atom is 0.229 e. The molecular weight excluding hydrogens is 314 g/mol. The molecule has 2 atom stereocenters. The van der Waals surface area contributed by atoms with Gasteiger partial charge in [0, 0.05) is 23.4 Å². The molecule has 2 unspecified atom stereocenters. The molecule has 1 fully saturated rings. The van der Waals surface area contributed by atoms with Gasteiger partial charge in [-0.25, -0.2) is 8.78 Å². The first-order chi connectivity index (χ1) is 9.85. The summed E-state index contributed by atoms with van der Waals surface area (Å²) < 4.78 is 31.8. The van der Waals surface area contributed by atoms with Gasteiger partial charge in [0.15, 0.2) is 17.4 Å². The molecule has 0 aliphatic heterocycles. The van der Waals surface area contributed by atoms with E-state index in [9.17, 15) is 13.6 Å². The standard InChI is InChI=1S/C15H20F2N2O2.ClH/c1-15(18)6-4-3-5-10(15)14(20)19-9-7-11(16)13(21-2)12(17)8-9;/h7-8,10H,3-6,18H2,1-2H3,(H,19,20);1H. The maximum atomic E-state index is 13.6. The van der Waals surface area contributed by atoms with Gasteiger partial charge in [0.25, 0.3) is 0 Å². The van der Waals surface area contributed by atoms with E-state index in [1.807, 2.05) is 6.92 Å². The van der Waals surface area contributed by atoms with Crippen LogP contribution in [0.4, 0.5) is 14.5 Å². The molecule has 1 amide bonds. The second-order valence-corrected chi connectivity index (χ2v) is 5.77. The third-order valence-corrected chi connectivity index (χ3v) is 4.04. The fourth-order valence-electron chi connectivity index (χ4n) is 2.85. The van der Waals surface area contributed by atoms with Gasteiger partial charge in [0.2, 0.25) is 5.91 Å². The zero-order valence-corrected chi connectivity index (χ0v) is 13.4. The summed E-state index contributed by atoms with van der Waals surface area (Å²) in [6, 6.07) is 2.08. The van der Waals surface area contributed by atoms with Crippen LogP contribution in [-0.4, -0.2) is 18.6 Å². The second kappa shape index (κ2) is 7.24. The normalized spacial score (nSPS) is 24.3. The van der Waals surface area contributed by atoms with Crippen LogP contribution in [0.3, 0.4) is 0 Å². The number of hydrogen-bond donors (Lipinski definition) is 2. The van der Waals surface area contributed by atoms with Crippen LogP contribution in [0.5, 0.6) is 5.75 Å². The minimum Gasteiger partial charge on any atom is -0.491 e. The van der Waals surface area contributed by atoms with Gasteiger partial charge in [-0.2, -0.15) is 0 Å². The highest BCUT2D eigenvalue weighted by Crippen LogP contribution is 2.33. The van der Waals surface area contributed by atoms with E-state index in [0.29, 0.717) is 6.42 Å². The lowest BCUT2D eigenvalue weighted by Gasteiger charge is -2.37. The molecule has 0 heterocycles. The highest BCUT2D eigenvalue weighted by molar-refractivity contribution is 5.93. The molecule has 0 aromatic heterocycles. The molecule has 0 saturated heterocycles. The van der Waals surface area contributed by atoms with Gasteiger partial charge in [-0.3, -0.25) is 4.79 Å². The molecule has 4 nitrogen and oxygen atoms in total. The van der Waals surface area contributed by atoms with E-state index in [-0.39, 0.29) is 29.9 Å². The predicted octanol–water partition coefficient (Wildman–Crippen LogP) is 3.24. The fraction of sp³-hybridized carbons (Fsp3) is 0.533. The van der Waals surface area contributed by atoms with Crippen LogP contribution in [-0.2, 0) is 4.79 Å². The summed E-state index contributed by atoms with van der Waals surface area (Å²) >= 11 is 0. The summed E-state index contributed by atoms with van der Waals surface area (Å²) in [7, 11) is 1.18. The van der Waals surface area contributed by atoms with Gasteiger partial charge in [0.05, 0.1) is 13.0 Å². The molecule has 3 N–H and O–H groups in total. The van der Waals surface area contributed by atoms with Crippen LogP contribution in [0.15, 0.2) is 12.1 Å². The molecular formula is C15H21ClF2N2O2. The lowest BCUT2D eigenvalue weighted by Crippen LogP contribution is -2.51. The van der Waals surface area contributed by atoms with Crippen molar-refractivity contribution in [1.82, 2.24) is 0 Å². The molecule has 1 aromatic carbocycles. The van der Waals surface area contributed by atoms with Crippen molar-refractivity contribution in [2.24, 2.45) is 11.7 Å². The number of amides is 1. The van der Waals surface area contributed by atoms with Crippen molar-refractivity contribution in [2.75, 3.05) is 12.4 Å². The Morgan fingerprint density at radius 3 is 2.45 bits per heavy atom. The Kier molecular flexibility index (Phi) is 6.14. The number of nitrogens with one attached hydrogen (secondary N) is 1. The number of rotatable bonds is 3. The lowest BCUT2D eigenvalue weighted by molar-refractivity contribution is -0.122. The SMILES string of the molecule is COc1c(F)cc(NC(=O)C2CCCCC2(C)N)cc1F.Cl. The van der Waals surface area contributed by atoms with Gasteiger partial charge < -0.3 is 15.8 Å². The third-order valence-electron chi connectivity index (χ3n) is 4.04. The van der Waals surface area contributed by atoms with Gasteiger partial charge >= 0.3 is 0 Å². The Morgan fingerprint density at radius 2 is 1.95 bits per heavy atom. The highest BCUT2D eigenvalue weighted by atomic mass is 35.5. The smallest absolute Gasteiger partial charge is 0.229 e. The topological polar surface area (TPSA) is 64.3 Å². The van der Waals surface area contributed by atoms with Crippen molar-refractivity contribution in [3.05, 3.63) is 23.8 Å². The number of carbonyl (C=O) groups excluding carboxylic acids is 1. The van der Waals surface area contributed by atoms with Crippen LogP contribution < -0.4 is 15.8 Å². The van der Waals surface area contributed by atoms with Crippen LogP contribution in [0, 0.1) is 17.6 Å². The van der Waals surface area contributed by atoms with E-state index in [1.54, 1.807) is 0 Å². The van der Waals surface area contributed by atoms with Crippen molar-refractivity contribution in [2.45, 2.75) is 38.1 Å². The van der Waals surface area contributed by atoms with Crippen LogP contribution in [0.2, 0.25) is 0 Å². The first-order valence-corrected chi connectivity index (χ1v) is 6.98. The third kappa shape index (κ3) is 3.87. The summed E-state index contributed by atoms with van der Waals surface area (Å²) in [4.78, 5) is 12.3. The molecule has 1 aromatic rings. The Morgan fingerprint density at radius 1 is 1.36 bits per heavy atom. The number of anilines is 1. The molecule has 1 saturated carbocycles. The van der Waals surface area contributed by atoms with E-state index >= 15 is 0 Å². The number of methoxy groups -OCH3 is 1. The highest BCUT2D eigenvalue weighted by Gasteiger charge is 2.37. The molecule has 0 bridgehead atoms. The number of carbonyl (C=O) groups is 1. The number of ether oxygens (including phenoxy) is 1. The molecule has 7 heteroatoms. The van der Waals surface area contributed by atoms with Crippen LogP contribution in [0.25, 0.3) is 0 Å². The van der Waals surface area contributed by atoms with Crippen molar-refractivity contribution in [3.8, 4) is 5.75 Å².